The summed E-state index contributed by atoms with van der Waals surface area (Å²) in [5, 5.41) is 7.97. The molecule has 0 aliphatic heterocycles. The third kappa shape index (κ3) is 5.14. The predicted molar refractivity (Wildman–Crippen MR) is 69.5 cm³/mol. The molecule has 1 nitrogen and oxygen atoms in total. The third-order valence-corrected chi connectivity index (χ3v) is 3.37. The summed E-state index contributed by atoms with van der Waals surface area (Å²) in [4.78, 5) is 0. The van der Waals surface area contributed by atoms with E-state index < -0.39 is 0 Å². The Kier molecular flexibility index (Phi) is 6.37. The lowest BCUT2D eigenvalue weighted by atomic mass is 10.1. The van der Waals surface area contributed by atoms with E-state index in [4.69, 9.17) is 0 Å². The van der Waals surface area contributed by atoms with E-state index >= 15 is 0 Å². The summed E-state index contributed by atoms with van der Waals surface area (Å²) in [5.74, 6) is 0. The van der Waals surface area contributed by atoms with Crippen LogP contribution in [0.1, 0.15) is 31.7 Å². The van der Waals surface area contributed by atoms with E-state index in [1.165, 1.54) is 18.4 Å². The van der Waals surface area contributed by atoms with E-state index in [1.807, 2.05) is 6.08 Å². The van der Waals surface area contributed by atoms with Gasteiger partial charge in [0, 0.05) is 6.04 Å². The molecule has 1 aromatic rings. The summed E-state index contributed by atoms with van der Waals surface area (Å²) in [6.45, 7) is 7.09. The van der Waals surface area contributed by atoms with Crippen molar-refractivity contribution in [3.63, 3.8) is 0 Å². The highest BCUT2D eigenvalue weighted by molar-refractivity contribution is 7.07. The highest BCUT2D eigenvalue weighted by atomic mass is 32.1. The number of thiophene rings is 1. The minimum Gasteiger partial charge on any atom is -0.314 e. The van der Waals surface area contributed by atoms with E-state index in [0.29, 0.717) is 6.04 Å². The molecule has 0 saturated heterocycles. The smallest absolute Gasteiger partial charge is 0.00675 e. The average molecular weight is 223 g/mol. The molecule has 0 spiro atoms. The van der Waals surface area contributed by atoms with Crippen LogP contribution in [0.25, 0.3) is 0 Å². The zero-order chi connectivity index (χ0) is 10.9. The van der Waals surface area contributed by atoms with Gasteiger partial charge in [0.25, 0.3) is 0 Å². The molecule has 1 unspecified atom stereocenters. The van der Waals surface area contributed by atoms with Crippen LogP contribution in [0.3, 0.4) is 0 Å². The Labute approximate surface area is 97.2 Å². The Morgan fingerprint density at radius 2 is 2.47 bits per heavy atom. The summed E-state index contributed by atoms with van der Waals surface area (Å²) >= 11 is 1.78. The Morgan fingerprint density at radius 3 is 3.07 bits per heavy atom. The first-order chi connectivity index (χ1) is 7.36. The van der Waals surface area contributed by atoms with Crippen molar-refractivity contribution in [1.82, 2.24) is 5.32 Å². The number of allylic oxidation sites excluding steroid dienone is 1. The maximum atomic E-state index is 3.76. The van der Waals surface area contributed by atoms with Gasteiger partial charge in [-0.15, -0.1) is 6.58 Å². The van der Waals surface area contributed by atoms with E-state index in [1.54, 1.807) is 11.3 Å². The van der Waals surface area contributed by atoms with E-state index in [-0.39, 0.29) is 0 Å². The quantitative estimate of drug-likeness (QED) is 0.664. The third-order valence-electron chi connectivity index (χ3n) is 2.64. The van der Waals surface area contributed by atoms with Crippen molar-refractivity contribution in [2.75, 3.05) is 6.54 Å². The number of nitrogens with one attached hydrogen (secondary N) is 1. The van der Waals surface area contributed by atoms with Crippen LogP contribution in [0, 0.1) is 0 Å². The van der Waals surface area contributed by atoms with Gasteiger partial charge in [-0.2, -0.15) is 11.3 Å². The largest absolute Gasteiger partial charge is 0.314 e. The Bertz CT molecular complexity index is 254. The number of hydrogen-bond donors (Lipinski definition) is 1. The SMILES string of the molecule is C=CCCC(CC)NCCc1ccsc1. The van der Waals surface area contributed by atoms with Crippen molar-refractivity contribution in [2.45, 2.75) is 38.6 Å². The van der Waals surface area contributed by atoms with Gasteiger partial charge in [0.1, 0.15) is 0 Å². The van der Waals surface area contributed by atoms with Gasteiger partial charge in [-0.05, 0) is 54.6 Å². The minimum atomic E-state index is 0.654. The fourth-order valence-electron chi connectivity index (χ4n) is 1.63. The number of rotatable bonds is 8. The van der Waals surface area contributed by atoms with Crippen LogP contribution in [0.5, 0.6) is 0 Å². The van der Waals surface area contributed by atoms with Crippen molar-refractivity contribution in [3.05, 3.63) is 35.0 Å². The molecule has 0 amide bonds. The molecule has 1 N–H and O–H groups in total. The fourth-order valence-corrected chi connectivity index (χ4v) is 2.33. The van der Waals surface area contributed by atoms with Gasteiger partial charge in [0.2, 0.25) is 0 Å². The molecule has 0 fully saturated rings. The second kappa shape index (κ2) is 7.66. The van der Waals surface area contributed by atoms with Crippen LogP contribution in [0.2, 0.25) is 0 Å². The molecule has 2 heteroatoms. The lowest BCUT2D eigenvalue weighted by molar-refractivity contribution is 0.474. The molecule has 1 rings (SSSR count). The second-order valence-corrected chi connectivity index (χ2v) is 4.59. The van der Waals surface area contributed by atoms with E-state index in [0.717, 1.165) is 19.4 Å². The molecular weight excluding hydrogens is 202 g/mol. The Hall–Kier alpha value is -0.600. The highest BCUT2D eigenvalue weighted by Crippen LogP contribution is 2.07. The van der Waals surface area contributed by atoms with Gasteiger partial charge < -0.3 is 5.32 Å². The standard InChI is InChI=1S/C13H21NS/c1-3-5-6-13(4-2)14-9-7-12-8-10-15-11-12/h3,8,10-11,13-14H,1,4-7,9H2,2H3. The normalized spacial score (nSPS) is 12.6. The van der Waals surface area contributed by atoms with Gasteiger partial charge in [-0.1, -0.05) is 13.0 Å². The molecule has 84 valence electrons. The second-order valence-electron chi connectivity index (χ2n) is 3.81. The molecule has 15 heavy (non-hydrogen) atoms. The van der Waals surface area contributed by atoms with Gasteiger partial charge in [0.05, 0.1) is 0 Å². The molecule has 0 aromatic carbocycles. The van der Waals surface area contributed by atoms with Crippen LogP contribution in [-0.2, 0) is 6.42 Å². The molecule has 1 atom stereocenters. The van der Waals surface area contributed by atoms with Crippen molar-refractivity contribution in [2.24, 2.45) is 0 Å². The highest BCUT2D eigenvalue weighted by Gasteiger charge is 2.03. The zero-order valence-electron chi connectivity index (χ0n) is 9.54. The molecule has 0 aliphatic rings. The van der Waals surface area contributed by atoms with Crippen molar-refractivity contribution >= 4 is 11.3 Å². The molecule has 0 bridgehead atoms. The van der Waals surface area contributed by atoms with Crippen molar-refractivity contribution in [3.8, 4) is 0 Å². The van der Waals surface area contributed by atoms with Crippen molar-refractivity contribution < 1.29 is 0 Å². The summed E-state index contributed by atoms with van der Waals surface area (Å²) < 4.78 is 0. The predicted octanol–water partition coefficient (Wildman–Crippen LogP) is 3.63. The van der Waals surface area contributed by atoms with E-state index in [9.17, 15) is 0 Å². The van der Waals surface area contributed by atoms with Crippen LogP contribution < -0.4 is 5.32 Å². The molecular formula is C13H21NS. The van der Waals surface area contributed by atoms with Gasteiger partial charge in [0.15, 0.2) is 0 Å². The van der Waals surface area contributed by atoms with Crippen molar-refractivity contribution in [1.29, 1.82) is 0 Å². The molecule has 0 aliphatic carbocycles. The monoisotopic (exact) mass is 223 g/mol. The van der Waals surface area contributed by atoms with Crippen LogP contribution in [0.15, 0.2) is 29.5 Å². The lowest BCUT2D eigenvalue weighted by Crippen LogP contribution is -2.30. The molecule has 1 heterocycles. The molecule has 1 aromatic heterocycles. The first-order valence-electron chi connectivity index (χ1n) is 5.72. The first kappa shape index (κ1) is 12.5. The zero-order valence-corrected chi connectivity index (χ0v) is 10.4. The Morgan fingerprint density at radius 1 is 1.60 bits per heavy atom. The molecule has 0 saturated carbocycles. The first-order valence-corrected chi connectivity index (χ1v) is 6.66. The van der Waals surface area contributed by atoms with E-state index in [2.05, 4.69) is 35.6 Å². The summed E-state index contributed by atoms with van der Waals surface area (Å²) in [5.41, 5.74) is 1.45. The number of hydrogen-bond acceptors (Lipinski definition) is 2. The summed E-state index contributed by atoms with van der Waals surface area (Å²) in [7, 11) is 0. The lowest BCUT2D eigenvalue weighted by Gasteiger charge is -2.15. The molecule has 0 radical (unpaired) electrons. The van der Waals surface area contributed by atoms with Crippen LogP contribution in [-0.4, -0.2) is 12.6 Å². The summed E-state index contributed by atoms with van der Waals surface area (Å²) in [6.07, 6.45) is 6.68. The van der Waals surface area contributed by atoms with Gasteiger partial charge in [-0.3, -0.25) is 0 Å². The van der Waals surface area contributed by atoms with Gasteiger partial charge >= 0.3 is 0 Å². The topological polar surface area (TPSA) is 12.0 Å². The average Bonchev–Trinajstić information content (AvgIpc) is 2.76. The maximum Gasteiger partial charge on any atom is 0.00675 e. The van der Waals surface area contributed by atoms with Gasteiger partial charge in [-0.25, -0.2) is 0 Å². The van der Waals surface area contributed by atoms with Crippen LogP contribution in [0.4, 0.5) is 0 Å². The summed E-state index contributed by atoms with van der Waals surface area (Å²) in [6, 6.07) is 2.86. The fraction of sp³-hybridized carbons (Fsp3) is 0.538. The minimum absolute atomic E-state index is 0.654. The maximum absolute atomic E-state index is 3.76. The Balaban J connectivity index is 2.14. The van der Waals surface area contributed by atoms with Crippen LogP contribution >= 0.6 is 11.3 Å².